The highest BCUT2D eigenvalue weighted by molar-refractivity contribution is 5.79. The number of amides is 1. The van der Waals surface area contributed by atoms with Crippen LogP contribution in [0.3, 0.4) is 0 Å². The van der Waals surface area contributed by atoms with Gasteiger partial charge in [-0.2, -0.15) is 0 Å². The van der Waals surface area contributed by atoms with Crippen LogP contribution >= 0.6 is 0 Å². The van der Waals surface area contributed by atoms with Gasteiger partial charge in [-0.3, -0.25) is 0 Å². The molecule has 0 radical (unpaired) electrons. The highest BCUT2D eigenvalue weighted by Gasteiger charge is 2.29. The van der Waals surface area contributed by atoms with E-state index in [0.717, 1.165) is 11.1 Å². The molecule has 3 rings (SSSR count). The second kappa shape index (κ2) is 8.66. The lowest BCUT2D eigenvalue weighted by Gasteiger charge is -2.25. The first-order chi connectivity index (χ1) is 13.8. The summed E-state index contributed by atoms with van der Waals surface area (Å²) in [7, 11) is 0. The Morgan fingerprint density at radius 1 is 1.03 bits per heavy atom. The van der Waals surface area contributed by atoms with E-state index in [2.05, 4.69) is 29.6 Å². The first kappa shape index (κ1) is 20.9. The molecule has 0 saturated heterocycles. The third-order valence-electron chi connectivity index (χ3n) is 4.79. The van der Waals surface area contributed by atoms with Crippen molar-refractivity contribution >= 4 is 12.1 Å². The van der Waals surface area contributed by atoms with Gasteiger partial charge in [0.15, 0.2) is 6.10 Å². The molecular weight excluding hydrogens is 370 g/mol. The fourth-order valence-corrected chi connectivity index (χ4v) is 3.61. The van der Waals surface area contributed by atoms with Crippen molar-refractivity contribution in [2.75, 3.05) is 13.2 Å². The molecule has 6 heteroatoms. The normalized spacial score (nSPS) is 14.0. The van der Waals surface area contributed by atoms with E-state index in [0.29, 0.717) is 0 Å². The highest BCUT2D eigenvalue weighted by atomic mass is 16.5. The number of carboxylic acid groups (broad SMARTS) is 1. The summed E-state index contributed by atoms with van der Waals surface area (Å²) in [5.74, 6) is -1.06. The lowest BCUT2D eigenvalue weighted by atomic mass is 9.98. The van der Waals surface area contributed by atoms with Gasteiger partial charge in [-0.25, -0.2) is 9.59 Å². The monoisotopic (exact) mass is 397 g/mol. The molecule has 154 valence electrons. The number of fused-ring (bicyclic) bond motifs is 3. The van der Waals surface area contributed by atoms with E-state index in [1.165, 1.54) is 11.1 Å². The quantitative estimate of drug-likeness (QED) is 0.732. The predicted molar refractivity (Wildman–Crippen MR) is 110 cm³/mol. The van der Waals surface area contributed by atoms with Gasteiger partial charge in [0, 0.05) is 18.9 Å². The van der Waals surface area contributed by atoms with Crippen LogP contribution in [0.25, 0.3) is 11.1 Å². The molecule has 2 aromatic rings. The average molecular weight is 397 g/mol. The van der Waals surface area contributed by atoms with Crippen molar-refractivity contribution < 1.29 is 24.2 Å². The molecule has 0 heterocycles. The minimum atomic E-state index is -1.05. The Labute approximate surface area is 170 Å². The van der Waals surface area contributed by atoms with Crippen molar-refractivity contribution in [1.82, 2.24) is 5.32 Å². The number of carboxylic acids is 1. The summed E-state index contributed by atoms with van der Waals surface area (Å²) in [5, 5.41) is 11.9. The van der Waals surface area contributed by atoms with Gasteiger partial charge in [-0.1, -0.05) is 48.5 Å². The first-order valence-corrected chi connectivity index (χ1v) is 9.76. The summed E-state index contributed by atoms with van der Waals surface area (Å²) in [5.41, 5.74) is 4.05. The van der Waals surface area contributed by atoms with Gasteiger partial charge >= 0.3 is 12.1 Å². The summed E-state index contributed by atoms with van der Waals surface area (Å²) in [4.78, 5) is 23.5. The van der Waals surface area contributed by atoms with E-state index in [1.807, 2.05) is 24.3 Å². The molecule has 29 heavy (non-hydrogen) atoms. The summed E-state index contributed by atoms with van der Waals surface area (Å²) < 4.78 is 11.0. The highest BCUT2D eigenvalue weighted by Crippen LogP contribution is 2.44. The largest absolute Gasteiger partial charge is 0.479 e. The predicted octanol–water partition coefficient (Wildman–Crippen LogP) is 4.18. The Morgan fingerprint density at radius 3 is 2.10 bits per heavy atom. The zero-order valence-corrected chi connectivity index (χ0v) is 17.0. The molecule has 0 bridgehead atoms. The smallest absolute Gasteiger partial charge is 0.407 e. The molecule has 1 aliphatic rings. The van der Waals surface area contributed by atoms with Crippen LogP contribution in [-0.4, -0.2) is 42.0 Å². The third-order valence-corrected chi connectivity index (χ3v) is 4.79. The molecule has 1 aliphatic carbocycles. The lowest BCUT2D eigenvalue weighted by Crippen LogP contribution is -2.37. The van der Waals surface area contributed by atoms with Gasteiger partial charge in [-0.15, -0.1) is 0 Å². The number of carbonyl (C=O) groups is 2. The molecule has 1 atom stereocenters. The molecular formula is C23H27NO5. The zero-order chi connectivity index (χ0) is 21.0. The second-order valence-electron chi connectivity index (χ2n) is 8.10. The van der Waals surface area contributed by atoms with Gasteiger partial charge in [0.25, 0.3) is 0 Å². The van der Waals surface area contributed by atoms with Gasteiger partial charge in [0.1, 0.15) is 6.61 Å². The Hall–Kier alpha value is -2.86. The number of aliphatic carboxylic acids is 1. The molecule has 0 saturated carbocycles. The Bertz CT molecular complexity index is 841. The minimum absolute atomic E-state index is 0.0101. The molecule has 0 aliphatic heterocycles. The number of rotatable bonds is 7. The van der Waals surface area contributed by atoms with Crippen LogP contribution < -0.4 is 5.32 Å². The fraction of sp³-hybridized carbons (Fsp3) is 0.391. The SMILES string of the molecule is CC(C)(C)O[C@@H](CCNC(=O)OCC1c2ccccc2-c2ccccc21)C(=O)O. The first-order valence-electron chi connectivity index (χ1n) is 9.76. The third kappa shape index (κ3) is 5.15. The van der Waals surface area contributed by atoms with Crippen molar-refractivity contribution in [3.8, 4) is 11.1 Å². The van der Waals surface area contributed by atoms with Crippen LogP contribution in [0.5, 0.6) is 0 Å². The lowest BCUT2D eigenvalue weighted by molar-refractivity contribution is -0.160. The van der Waals surface area contributed by atoms with E-state index < -0.39 is 23.8 Å². The summed E-state index contributed by atoms with van der Waals surface area (Å²) in [6.07, 6.45) is -1.38. The Kier molecular flexibility index (Phi) is 6.23. The maximum Gasteiger partial charge on any atom is 0.407 e. The van der Waals surface area contributed by atoms with E-state index in [-0.39, 0.29) is 25.5 Å². The summed E-state index contributed by atoms with van der Waals surface area (Å²) >= 11 is 0. The van der Waals surface area contributed by atoms with Gasteiger partial charge in [0.05, 0.1) is 5.60 Å². The number of hydrogen-bond donors (Lipinski definition) is 2. The molecule has 1 amide bonds. The number of benzene rings is 2. The van der Waals surface area contributed by atoms with Crippen molar-refractivity contribution in [2.24, 2.45) is 0 Å². The van der Waals surface area contributed by atoms with Crippen LogP contribution in [0.15, 0.2) is 48.5 Å². The van der Waals surface area contributed by atoms with Crippen molar-refractivity contribution in [2.45, 2.75) is 44.8 Å². The maximum atomic E-state index is 12.1. The number of alkyl carbamates (subject to hydrolysis) is 1. The standard InChI is InChI=1S/C23H27NO5/c1-23(2,3)29-20(21(25)26)12-13-24-22(27)28-14-19-17-10-6-4-8-15(17)16-9-5-7-11-18(16)19/h4-11,19-20H,12-14H2,1-3H3,(H,24,27)(H,25,26)/t20-/m0/s1. The zero-order valence-electron chi connectivity index (χ0n) is 17.0. The van der Waals surface area contributed by atoms with E-state index in [1.54, 1.807) is 20.8 Å². The number of nitrogens with one attached hydrogen (secondary N) is 1. The number of hydrogen-bond acceptors (Lipinski definition) is 4. The second-order valence-corrected chi connectivity index (χ2v) is 8.10. The topological polar surface area (TPSA) is 84.9 Å². The van der Waals surface area contributed by atoms with Crippen LogP contribution in [0.2, 0.25) is 0 Å². The van der Waals surface area contributed by atoms with Crippen LogP contribution in [0, 0.1) is 0 Å². The molecule has 0 spiro atoms. The Morgan fingerprint density at radius 2 is 1.59 bits per heavy atom. The molecule has 0 aromatic heterocycles. The fourth-order valence-electron chi connectivity index (χ4n) is 3.61. The van der Waals surface area contributed by atoms with E-state index >= 15 is 0 Å². The van der Waals surface area contributed by atoms with Gasteiger partial charge < -0.3 is 19.9 Å². The number of carbonyl (C=O) groups excluding carboxylic acids is 1. The van der Waals surface area contributed by atoms with Crippen molar-refractivity contribution in [1.29, 1.82) is 0 Å². The van der Waals surface area contributed by atoms with Gasteiger partial charge in [0.2, 0.25) is 0 Å². The van der Waals surface area contributed by atoms with E-state index in [4.69, 9.17) is 9.47 Å². The van der Waals surface area contributed by atoms with Crippen LogP contribution in [-0.2, 0) is 14.3 Å². The molecule has 6 nitrogen and oxygen atoms in total. The number of ether oxygens (including phenoxy) is 2. The summed E-state index contributed by atoms with van der Waals surface area (Å²) in [6.45, 7) is 5.76. The van der Waals surface area contributed by atoms with Crippen molar-refractivity contribution in [3.63, 3.8) is 0 Å². The maximum absolute atomic E-state index is 12.1. The molecule has 0 unspecified atom stereocenters. The minimum Gasteiger partial charge on any atom is -0.479 e. The molecule has 2 aromatic carbocycles. The Balaban J connectivity index is 1.54. The molecule has 2 N–H and O–H groups in total. The van der Waals surface area contributed by atoms with E-state index in [9.17, 15) is 14.7 Å². The van der Waals surface area contributed by atoms with Crippen LogP contribution in [0.4, 0.5) is 4.79 Å². The van der Waals surface area contributed by atoms with Crippen molar-refractivity contribution in [3.05, 3.63) is 59.7 Å². The van der Waals surface area contributed by atoms with Crippen LogP contribution in [0.1, 0.15) is 44.2 Å². The summed E-state index contributed by atoms with van der Waals surface area (Å²) in [6, 6.07) is 16.3. The average Bonchev–Trinajstić information content (AvgIpc) is 2.98. The van der Waals surface area contributed by atoms with Gasteiger partial charge in [-0.05, 0) is 43.0 Å². The molecule has 0 fully saturated rings.